The highest BCUT2D eigenvalue weighted by atomic mass is 15.1. The van der Waals surface area contributed by atoms with E-state index < -0.39 is 0 Å². The molecule has 3 rings (SSSR count). The van der Waals surface area contributed by atoms with Gasteiger partial charge in [0.05, 0.1) is 11.9 Å². The molecule has 2 heterocycles. The van der Waals surface area contributed by atoms with E-state index in [-0.39, 0.29) is 0 Å². The number of nitrogens with one attached hydrogen (secondary N) is 2. The van der Waals surface area contributed by atoms with Gasteiger partial charge in [0.25, 0.3) is 0 Å². The largest absolute Gasteiger partial charge is 0.380 e. The lowest BCUT2D eigenvalue weighted by Crippen LogP contribution is -2.10. The summed E-state index contributed by atoms with van der Waals surface area (Å²) in [6, 6.07) is 6.45. The molecule has 0 atom stereocenters. The van der Waals surface area contributed by atoms with Crippen LogP contribution in [0.1, 0.15) is 30.9 Å². The number of rotatable bonds is 1. The SMILES string of the molecule is CC(C)c1cccc2c1NCc1cn[nH]c1-2. The van der Waals surface area contributed by atoms with Crippen LogP contribution in [0.5, 0.6) is 0 Å². The molecular formula is C13H15N3. The molecule has 0 spiro atoms. The number of anilines is 1. The topological polar surface area (TPSA) is 40.7 Å². The van der Waals surface area contributed by atoms with Crippen molar-refractivity contribution in [3.63, 3.8) is 0 Å². The maximum absolute atomic E-state index is 4.11. The van der Waals surface area contributed by atoms with Crippen molar-refractivity contribution in [1.29, 1.82) is 0 Å². The molecule has 2 N–H and O–H groups in total. The number of benzene rings is 1. The summed E-state index contributed by atoms with van der Waals surface area (Å²) in [7, 11) is 0. The monoisotopic (exact) mass is 213 g/mol. The molecule has 0 radical (unpaired) electrons. The molecule has 3 nitrogen and oxygen atoms in total. The lowest BCUT2D eigenvalue weighted by atomic mass is 9.93. The molecular weight excluding hydrogens is 198 g/mol. The van der Waals surface area contributed by atoms with Crippen molar-refractivity contribution >= 4 is 5.69 Å². The number of aromatic amines is 1. The Morgan fingerprint density at radius 3 is 3.00 bits per heavy atom. The molecule has 2 aromatic rings. The number of aromatic nitrogens is 2. The third-order valence-corrected chi connectivity index (χ3v) is 3.16. The average molecular weight is 213 g/mol. The van der Waals surface area contributed by atoms with E-state index in [2.05, 4.69) is 47.6 Å². The zero-order valence-electron chi connectivity index (χ0n) is 9.54. The minimum absolute atomic E-state index is 0.534. The minimum Gasteiger partial charge on any atom is -0.380 e. The molecule has 1 aliphatic heterocycles. The van der Waals surface area contributed by atoms with Crippen LogP contribution >= 0.6 is 0 Å². The Labute approximate surface area is 94.9 Å². The third-order valence-electron chi connectivity index (χ3n) is 3.16. The van der Waals surface area contributed by atoms with Gasteiger partial charge in [0, 0.05) is 23.4 Å². The van der Waals surface area contributed by atoms with Gasteiger partial charge in [0.1, 0.15) is 0 Å². The first-order valence-electron chi connectivity index (χ1n) is 5.66. The maximum Gasteiger partial charge on any atom is 0.0720 e. The Morgan fingerprint density at radius 2 is 2.19 bits per heavy atom. The summed E-state index contributed by atoms with van der Waals surface area (Å²) in [5, 5.41) is 10.7. The van der Waals surface area contributed by atoms with Crippen LogP contribution in [0, 0.1) is 0 Å². The Hall–Kier alpha value is -1.77. The van der Waals surface area contributed by atoms with Crippen LogP contribution in [-0.2, 0) is 6.54 Å². The van der Waals surface area contributed by atoms with Crippen LogP contribution in [-0.4, -0.2) is 10.2 Å². The van der Waals surface area contributed by atoms with Crippen molar-refractivity contribution in [2.24, 2.45) is 0 Å². The summed E-state index contributed by atoms with van der Waals surface area (Å²) >= 11 is 0. The quantitative estimate of drug-likeness (QED) is 0.764. The molecule has 1 aliphatic rings. The van der Waals surface area contributed by atoms with E-state index in [1.54, 1.807) is 0 Å². The number of fused-ring (bicyclic) bond motifs is 3. The van der Waals surface area contributed by atoms with E-state index in [4.69, 9.17) is 0 Å². The molecule has 3 heteroatoms. The van der Waals surface area contributed by atoms with Crippen LogP contribution < -0.4 is 5.32 Å². The highest BCUT2D eigenvalue weighted by molar-refractivity contribution is 5.82. The van der Waals surface area contributed by atoms with Crippen LogP contribution in [0.3, 0.4) is 0 Å². The van der Waals surface area contributed by atoms with Crippen molar-refractivity contribution in [1.82, 2.24) is 10.2 Å². The van der Waals surface area contributed by atoms with E-state index >= 15 is 0 Å². The van der Waals surface area contributed by atoms with Crippen LogP contribution in [0.2, 0.25) is 0 Å². The lowest BCUT2D eigenvalue weighted by molar-refractivity contribution is 0.864. The van der Waals surface area contributed by atoms with Crippen LogP contribution in [0.15, 0.2) is 24.4 Å². The Bertz CT molecular complexity index is 526. The van der Waals surface area contributed by atoms with Gasteiger partial charge in [-0.3, -0.25) is 5.10 Å². The molecule has 16 heavy (non-hydrogen) atoms. The zero-order chi connectivity index (χ0) is 11.1. The second-order valence-electron chi connectivity index (χ2n) is 4.55. The summed E-state index contributed by atoms with van der Waals surface area (Å²) in [4.78, 5) is 0. The highest BCUT2D eigenvalue weighted by Crippen LogP contribution is 2.38. The second kappa shape index (κ2) is 3.37. The van der Waals surface area contributed by atoms with Gasteiger partial charge < -0.3 is 5.32 Å². The summed E-state index contributed by atoms with van der Waals surface area (Å²) in [5.74, 6) is 0.534. The van der Waals surface area contributed by atoms with Crippen molar-refractivity contribution in [2.45, 2.75) is 26.3 Å². The molecule has 0 unspecified atom stereocenters. The molecule has 1 aromatic heterocycles. The number of H-pyrrole nitrogens is 1. The molecule has 82 valence electrons. The fraction of sp³-hybridized carbons (Fsp3) is 0.308. The molecule has 0 saturated heterocycles. The van der Waals surface area contributed by atoms with Gasteiger partial charge in [0.2, 0.25) is 0 Å². The van der Waals surface area contributed by atoms with Crippen molar-refractivity contribution < 1.29 is 0 Å². The lowest BCUT2D eigenvalue weighted by Gasteiger charge is -2.22. The van der Waals surface area contributed by atoms with Crippen molar-refractivity contribution in [3.8, 4) is 11.3 Å². The van der Waals surface area contributed by atoms with Gasteiger partial charge in [-0.2, -0.15) is 5.10 Å². The molecule has 0 amide bonds. The first-order chi connectivity index (χ1) is 7.77. The van der Waals surface area contributed by atoms with Gasteiger partial charge in [0.15, 0.2) is 0 Å². The van der Waals surface area contributed by atoms with E-state index in [1.807, 2.05) is 6.20 Å². The van der Waals surface area contributed by atoms with E-state index in [1.165, 1.54) is 22.4 Å². The van der Waals surface area contributed by atoms with Crippen LogP contribution in [0.4, 0.5) is 5.69 Å². The normalized spacial score (nSPS) is 13.2. The molecule has 0 saturated carbocycles. The summed E-state index contributed by atoms with van der Waals surface area (Å²) in [6.45, 7) is 5.31. The Kier molecular flexibility index (Phi) is 1.99. The number of nitrogens with zero attached hydrogens (tertiary/aromatic N) is 1. The molecule has 1 aromatic carbocycles. The minimum atomic E-state index is 0.534. The highest BCUT2D eigenvalue weighted by Gasteiger charge is 2.20. The van der Waals surface area contributed by atoms with Gasteiger partial charge in [-0.1, -0.05) is 32.0 Å². The van der Waals surface area contributed by atoms with E-state index in [0.29, 0.717) is 5.92 Å². The zero-order valence-corrected chi connectivity index (χ0v) is 9.54. The standard InChI is InChI=1S/C13H15N3/c1-8(2)10-4-3-5-11-12-9(7-15-16-12)6-14-13(10)11/h3-5,7-8,14H,6H2,1-2H3,(H,15,16). The smallest absolute Gasteiger partial charge is 0.0720 e. The molecule has 0 bridgehead atoms. The summed E-state index contributed by atoms with van der Waals surface area (Å²) in [6.07, 6.45) is 1.90. The van der Waals surface area contributed by atoms with Crippen molar-refractivity contribution in [3.05, 3.63) is 35.5 Å². The summed E-state index contributed by atoms with van der Waals surface area (Å²) < 4.78 is 0. The Balaban J connectivity index is 2.24. The van der Waals surface area contributed by atoms with Gasteiger partial charge >= 0.3 is 0 Å². The third kappa shape index (κ3) is 1.24. The van der Waals surface area contributed by atoms with Gasteiger partial charge in [-0.15, -0.1) is 0 Å². The van der Waals surface area contributed by atoms with E-state index in [9.17, 15) is 0 Å². The second-order valence-corrected chi connectivity index (χ2v) is 4.55. The van der Waals surface area contributed by atoms with Gasteiger partial charge in [-0.25, -0.2) is 0 Å². The number of hydrogen-bond donors (Lipinski definition) is 2. The van der Waals surface area contributed by atoms with Crippen LogP contribution in [0.25, 0.3) is 11.3 Å². The average Bonchev–Trinajstić information content (AvgIpc) is 2.76. The fourth-order valence-electron chi connectivity index (χ4n) is 2.32. The Morgan fingerprint density at radius 1 is 1.31 bits per heavy atom. The first-order valence-corrected chi connectivity index (χ1v) is 5.66. The maximum atomic E-state index is 4.11. The summed E-state index contributed by atoms with van der Waals surface area (Å²) in [5.41, 5.74) is 6.28. The van der Waals surface area contributed by atoms with Crippen molar-refractivity contribution in [2.75, 3.05) is 5.32 Å². The van der Waals surface area contributed by atoms with E-state index in [0.717, 1.165) is 12.2 Å². The predicted octanol–water partition coefficient (Wildman–Crippen LogP) is 3.13. The molecule has 0 fully saturated rings. The predicted molar refractivity (Wildman–Crippen MR) is 65.4 cm³/mol. The fourth-order valence-corrected chi connectivity index (χ4v) is 2.32. The number of hydrogen-bond acceptors (Lipinski definition) is 2. The molecule has 0 aliphatic carbocycles. The number of para-hydroxylation sites is 1. The van der Waals surface area contributed by atoms with Gasteiger partial charge in [-0.05, 0) is 11.5 Å². The first kappa shape index (κ1) is 9.46.